The molecule has 1 aromatic carbocycles. The number of carbonyl (C=O) groups excluding carboxylic acids is 1. The standard InChI is InChI=1S/C24H35N5OS.HI/c1-3-26-24(27-12-11-19-7-4-9-21(15-19)23(30)25-2)28-16-20-8-5-13-29(17-20)18-22-10-6-14-31-22;/h4,6-7,9-10,14-15,20H,3,5,8,11-13,16-18H2,1-2H3,(H,25,30)(H2,26,27,28);1H. The number of rotatable bonds is 9. The van der Waals surface area contributed by atoms with Crippen LogP contribution in [0.2, 0.25) is 0 Å². The molecule has 8 heteroatoms. The highest BCUT2D eigenvalue weighted by atomic mass is 127. The molecule has 2 aromatic rings. The molecule has 1 aromatic heterocycles. The van der Waals surface area contributed by atoms with E-state index in [0.717, 1.165) is 50.7 Å². The normalized spacial score (nSPS) is 16.8. The van der Waals surface area contributed by atoms with Gasteiger partial charge in [-0.1, -0.05) is 18.2 Å². The average Bonchev–Trinajstić information content (AvgIpc) is 3.30. The van der Waals surface area contributed by atoms with Crippen LogP contribution in [0.3, 0.4) is 0 Å². The molecule has 0 saturated carbocycles. The van der Waals surface area contributed by atoms with E-state index in [2.05, 4.69) is 51.4 Å². The third-order valence-corrected chi connectivity index (χ3v) is 6.40. The molecule has 0 spiro atoms. The summed E-state index contributed by atoms with van der Waals surface area (Å²) in [5, 5.41) is 11.6. The molecule has 3 rings (SSSR count). The number of carbonyl (C=O) groups is 1. The Kier molecular flexibility index (Phi) is 12.0. The minimum atomic E-state index is -0.0506. The predicted octanol–water partition coefficient (Wildman–Crippen LogP) is 3.74. The number of guanidine groups is 1. The van der Waals surface area contributed by atoms with Crippen LogP contribution in [-0.2, 0) is 13.0 Å². The molecular formula is C24H36IN5OS. The SMILES string of the molecule is CCNC(=NCC1CCCN(Cc2cccs2)C1)NCCc1cccc(C(=O)NC)c1.I. The van der Waals surface area contributed by atoms with Crippen LogP contribution in [0.25, 0.3) is 0 Å². The Morgan fingerprint density at radius 1 is 1.25 bits per heavy atom. The van der Waals surface area contributed by atoms with Gasteiger partial charge in [0.05, 0.1) is 0 Å². The van der Waals surface area contributed by atoms with E-state index >= 15 is 0 Å². The van der Waals surface area contributed by atoms with Gasteiger partial charge in [-0.3, -0.25) is 14.7 Å². The van der Waals surface area contributed by atoms with E-state index in [0.29, 0.717) is 11.5 Å². The van der Waals surface area contributed by atoms with Crippen LogP contribution in [0.15, 0.2) is 46.8 Å². The quantitative estimate of drug-likeness (QED) is 0.245. The monoisotopic (exact) mass is 569 g/mol. The molecule has 1 amide bonds. The molecular weight excluding hydrogens is 533 g/mol. The summed E-state index contributed by atoms with van der Waals surface area (Å²) in [6.45, 7) is 7.92. The number of benzene rings is 1. The summed E-state index contributed by atoms with van der Waals surface area (Å²) in [4.78, 5) is 20.7. The number of aliphatic imine (C=N–C) groups is 1. The first kappa shape index (κ1) is 26.6. The Balaban J connectivity index is 0.00000363. The van der Waals surface area contributed by atoms with Gasteiger partial charge in [0.15, 0.2) is 5.96 Å². The van der Waals surface area contributed by atoms with Crippen molar-refractivity contribution in [1.29, 1.82) is 0 Å². The summed E-state index contributed by atoms with van der Waals surface area (Å²) in [6, 6.07) is 12.1. The number of piperidine rings is 1. The molecule has 1 unspecified atom stereocenters. The third-order valence-electron chi connectivity index (χ3n) is 5.54. The molecule has 1 fully saturated rings. The lowest BCUT2D eigenvalue weighted by Gasteiger charge is -2.31. The Morgan fingerprint density at radius 3 is 2.88 bits per heavy atom. The van der Waals surface area contributed by atoms with Crippen LogP contribution in [0, 0.1) is 5.92 Å². The van der Waals surface area contributed by atoms with E-state index in [1.54, 1.807) is 7.05 Å². The van der Waals surface area contributed by atoms with Crippen molar-refractivity contribution in [2.45, 2.75) is 32.7 Å². The van der Waals surface area contributed by atoms with Crippen LogP contribution in [0.1, 0.15) is 40.6 Å². The van der Waals surface area contributed by atoms with Crippen molar-refractivity contribution in [3.8, 4) is 0 Å². The Labute approximate surface area is 213 Å². The summed E-state index contributed by atoms with van der Waals surface area (Å²) in [5.74, 6) is 1.43. The molecule has 0 aliphatic carbocycles. The van der Waals surface area contributed by atoms with E-state index in [4.69, 9.17) is 4.99 Å². The van der Waals surface area contributed by atoms with E-state index in [-0.39, 0.29) is 29.9 Å². The zero-order valence-corrected chi connectivity index (χ0v) is 22.2. The zero-order chi connectivity index (χ0) is 21.9. The van der Waals surface area contributed by atoms with Gasteiger partial charge in [0, 0.05) is 50.2 Å². The van der Waals surface area contributed by atoms with Crippen LogP contribution in [0.5, 0.6) is 0 Å². The highest BCUT2D eigenvalue weighted by Crippen LogP contribution is 2.20. The van der Waals surface area contributed by atoms with Crippen molar-refractivity contribution >= 4 is 47.2 Å². The van der Waals surface area contributed by atoms with Gasteiger partial charge >= 0.3 is 0 Å². The van der Waals surface area contributed by atoms with Crippen molar-refractivity contribution in [1.82, 2.24) is 20.9 Å². The first-order valence-electron chi connectivity index (χ1n) is 11.3. The first-order valence-corrected chi connectivity index (χ1v) is 12.1. The zero-order valence-electron chi connectivity index (χ0n) is 19.1. The van der Waals surface area contributed by atoms with Gasteiger partial charge in [-0.05, 0) is 67.8 Å². The number of amides is 1. The highest BCUT2D eigenvalue weighted by Gasteiger charge is 2.20. The van der Waals surface area contributed by atoms with Gasteiger partial charge in [-0.2, -0.15) is 0 Å². The molecule has 1 aliphatic heterocycles. The highest BCUT2D eigenvalue weighted by molar-refractivity contribution is 14.0. The maximum Gasteiger partial charge on any atom is 0.251 e. The molecule has 1 aliphatic rings. The summed E-state index contributed by atoms with van der Waals surface area (Å²) < 4.78 is 0. The van der Waals surface area contributed by atoms with Crippen LogP contribution < -0.4 is 16.0 Å². The predicted molar refractivity (Wildman–Crippen MR) is 145 cm³/mol. The van der Waals surface area contributed by atoms with Gasteiger partial charge < -0.3 is 16.0 Å². The van der Waals surface area contributed by atoms with Crippen molar-refractivity contribution in [3.63, 3.8) is 0 Å². The van der Waals surface area contributed by atoms with Gasteiger partial charge in [-0.25, -0.2) is 0 Å². The molecule has 0 bridgehead atoms. The van der Waals surface area contributed by atoms with Crippen molar-refractivity contribution in [2.75, 3.05) is 39.8 Å². The largest absolute Gasteiger partial charge is 0.357 e. The van der Waals surface area contributed by atoms with Gasteiger partial charge in [0.25, 0.3) is 5.91 Å². The van der Waals surface area contributed by atoms with Gasteiger partial charge in [-0.15, -0.1) is 35.3 Å². The number of hydrogen-bond donors (Lipinski definition) is 3. The Morgan fingerprint density at radius 2 is 2.12 bits per heavy atom. The fourth-order valence-electron chi connectivity index (χ4n) is 3.97. The van der Waals surface area contributed by atoms with E-state index in [1.807, 2.05) is 29.5 Å². The average molecular weight is 570 g/mol. The Hall–Kier alpha value is -1.65. The minimum Gasteiger partial charge on any atom is -0.357 e. The summed E-state index contributed by atoms with van der Waals surface area (Å²) in [6.07, 6.45) is 3.33. The fraction of sp³-hybridized carbons (Fsp3) is 0.500. The van der Waals surface area contributed by atoms with E-state index < -0.39 is 0 Å². The van der Waals surface area contributed by atoms with Crippen LogP contribution >= 0.6 is 35.3 Å². The lowest BCUT2D eigenvalue weighted by atomic mass is 9.98. The molecule has 0 radical (unpaired) electrons. The van der Waals surface area contributed by atoms with Crippen LogP contribution in [-0.4, -0.2) is 56.5 Å². The molecule has 176 valence electrons. The smallest absolute Gasteiger partial charge is 0.251 e. The molecule has 32 heavy (non-hydrogen) atoms. The summed E-state index contributed by atoms with van der Waals surface area (Å²) in [5.41, 5.74) is 1.84. The van der Waals surface area contributed by atoms with E-state index in [9.17, 15) is 4.79 Å². The second-order valence-corrected chi connectivity index (χ2v) is 9.03. The van der Waals surface area contributed by atoms with Gasteiger partial charge in [0.2, 0.25) is 0 Å². The summed E-state index contributed by atoms with van der Waals surface area (Å²) in [7, 11) is 1.66. The fourth-order valence-corrected chi connectivity index (χ4v) is 4.71. The van der Waals surface area contributed by atoms with Crippen molar-refractivity contribution < 1.29 is 4.79 Å². The van der Waals surface area contributed by atoms with Crippen molar-refractivity contribution in [3.05, 3.63) is 57.8 Å². The number of nitrogens with zero attached hydrogens (tertiary/aromatic N) is 2. The topological polar surface area (TPSA) is 68.8 Å². The number of halogens is 1. The lowest BCUT2D eigenvalue weighted by Crippen LogP contribution is -2.40. The lowest BCUT2D eigenvalue weighted by molar-refractivity contribution is 0.0963. The number of hydrogen-bond acceptors (Lipinski definition) is 4. The second kappa shape index (κ2) is 14.5. The number of nitrogens with one attached hydrogen (secondary N) is 3. The number of likely N-dealkylation sites (tertiary alicyclic amines) is 1. The molecule has 3 N–H and O–H groups in total. The molecule has 2 heterocycles. The maximum atomic E-state index is 11.8. The van der Waals surface area contributed by atoms with Gasteiger partial charge in [0.1, 0.15) is 0 Å². The first-order chi connectivity index (χ1) is 15.2. The molecule has 1 saturated heterocycles. The minimum absolute atomic E-state index is 0. The third kappa shape index (κ3) is 8.71. The maximum absolute atomic E-state index is 11.8. The van der Waals surface area contributed by atoms with Crippen molar-refractivity contribution in [2.24, 2.45) is 10.9 Å². The molecule has 1 atom stereocenters. The van der Waals surface area contributed by atoms with E-state index in [1.165, 1.54) is 24.3 Å². The van der Waals surface area contributed by atoms with Crippen LogP contribution in [0.4, 0.5) is 0 Å². The second-order valence-electron chi connectivity index (χ2n) is 8.00. The Bertz CT molecular complexity index is 843. The molecule has 6 nitrogen and oxygen atoms in total. The summed E-state index contributed by atoms with van der Waals surface area (Å²) >= 11 is 1.84. The number of thiophene rings is 1.